The predicted molar refractivity (Wildman–Crippen MR) is 51.5 cm³/mol. The van der Waals surface area contributed by atoms with Gasteiger partial charge in [-0.05, 0) is 26.3 Å². The van der Waals surface area contributed by atoms with Crippen LogP contribution in [0.3, 0.4) is 0 Å². The van der Waals surface area contributed by atoms with Crippen LogP contribution in [-0.2, 0) is 0 Å². The Bertz CT molecular complexity index is 164. The zero-order valence-electron chi connectivity index (χ0n) is 8.31. The molecule has 64 valence electrons. The molecule has 0 saturated heterocycles. The first-order valence-corrected chi connectivity index (χ1v) is 4.09. The van der Waals surface area contributed by atoms with Gasteiger partial charge in [0.05, 0.1) is 0 Å². The molecule has 0 aliphatic rings. The first-order valence-electron chi connectivity index (χ1n) is 4.09. The molecular weight excluding hydrogens is 134 g/mol. The van der Waals surface area contributed by atoms with E-state index in [1.54, 1.807) is 0 Å². The molecule has 0 heterocycles. The van der Waals surface area contributed by atoms with Crippen LogP contribution in [0.1, 0.15) is 27.2 Å². The van der Waals surface area contributed by atoms with Crippen LogP contribution in [0.5, 0.6) is 0 Å². The number of allylic oxidation sites excluding steroid dienone is 4. The average molecular weight is 153 g/mol. The maximum Gasteiger partial charge on any atom is 0.00958 e. The minimum absolute atomic E-state index is 1.14. The Kier molecular flexibility index (Phi) is 4.67. The Morgan fingerprint density at radius 3 is 2.09 bits per heavy atom. The number of nitrogens with zero attached hydrogens (tertiary/aromatic N) is 1. The van der Waals surface area contributed by atoms with Gasteiger partial charge in [-0.2, -0.15) is 0 Å². The molecule has 0 atom stereocenters. The van der Waals surface area contributed by atoms with Gasteiger partial charge in [0.2, 0.25) is 0 Å². The summed E-state index contributed by atoms with van der Waals surface area (Å²) in [5.41, 5.74) is 2.71. The summed E-state index contributed by atoms with van der Waals surface area (Å²) in [7, 11) is 4.11. The van der Waals surface area contributed by atoms with Crippen molar-refractivity contribution in [1.82, 2.24) is 4.90 Å². The van der Waals surface area contributed by atoms with Crippen LogP contribution in [0, 0.1) is 0 Å². The van der Waals surface area contributed by atoms with Crippen LogP contribution in [-0.4, -0.2) is 19.0 Å². The highest BCUT2D eigenvalue weighted by atomic mass is 15.1. The molecule has 0 bridgehead atoms. The molecule has 0 aliphatic carbocycles. The lowest BCUT2D eigenvalue weighted by molar-refractivity contribution is 0.514. The van der Waals surface area contributed by atoms with E-state index in [1.165, 1.54) is 11.3 Å². The van der Waals surface area contributed by atoms with Crippen molar-refractivity contribution >= 4 is 0 Å². The van der Waals surface area contributed by atoms with Crippen LogP contribution < -0.4 is 0 Å². The third kappa shape index (κ3) is 4.65. The Hall–Kier alpha value is -0.720. The molecule has 0 amide bonds. The lowest BCUT2D eigenvalue weighted by Gasteiger charge is -2.11. The molecule has 0 N–H and O–H groups in total. The van der Waals surface area contributed by atoms with E-state index in [1.807, 2.05) is 0 Å². The molecule has 0 radical (unpaired) electrons. The summed E-state index contributed by atoms with van der Waals surface area (Å²) in [5, 5.41) is 0. The Labute approximate surface area is 70.4 Å². The molecule has 0 aromatic heterocycles. The second-order valence-electron chi connectivity index (χ2n) is 3.07. The van der Waals surface area contributed by atoms with Gasteiger partial charge in [0.15, 0.2) is 0 Å². The van der Waals surface area contributed by atoms with Crippen LogP contribution in [0.15, 0.2) is 23.4 Å². The van der Waals surface area contributed by atoms with E-state index in [0.29, 0.717) is 0 Å². The minimum Gasteiger partial charge on any atom is -0.381 e. The maximum absolute atomic E-state index is 2.18. The molecule has 0 aromatic rings. The van der Waals surface area contributed by atoms with E-state index >= 15 is 0 Å². The molecule has 1 nitrogen and oxygen atoms in total. The normalized spacial score (nSPS) is 13.5. The first-order chi connectivity index (χ1) is 5.07. The molecule has 0 rings (SSSR count). The zero-order valence-corrected chi connectivity index (χ0v) is 8.31. The van der Waals surface area contributed by atoms with Crippen LogP contribution in [0.25, 0.3) is 0 Å². The van der Waals surface area contributed by atoms with Crippen molar-refractivity contribution < 1.29 is 0 Å². The van der Waals surface area contributed by atoms with Crippen molar-refractivity contribution in [3.05, 3.63) is 23.4 Å². The fourth-order valence-electron chi connectivity index (χ4n) is 0.530. The van der Waals surface area contributed by atoms with Crippen molar-refractivity contribution in [2.24, 2.45) is 0 Å². The van der Waals surface area contributed by atoms with E-state index in [9.17, 15) is 0 Å². The number of hydrogen-bond acceptors (Lipinski definition) is 1. The summed E-state index contributed by atoms with van der Waals surface area (Å²) in [4.78, 5) is 2.11. The van der Waals surface area contributed by atoms with Gasteiger partial charge >= 0.3 is 0 Å². The summed E-state index contributed by atoms with van der Waals surface area (Å²) in [6.45, 7) is 6.43. The van der Waals surface area contributed by atoms with E-state index in [2.05, 4.69) is 51.9 Å². The average Bonchev–Trinajstić information content (AvgIpc) is 1.99. The lowest BCUT2D eigenvalue weighted by atomic mass is 10.2. The third-order valence-electron chi connectivity index (χ3n) is 1.87. The largest absolute Gasteiger partial charge is 0.381 e. The van der Waals surface area contributed by atoms with Gasteiger partial charge in [0, 0.05) is 19.8 Å². The van der Waals surface area contributed by atoms with Gasteiger partial charge in [-0.15, -0.1) is 0 Å². The fraction of sp³-hybridized carbons (Fsp3) is 0.600. The molecule has 11 heavy (non-hydrogen) atoms. The molecule has 0 aliphatic heterocycles. The number of hydrogen-bond donors (Lipinski definition) is 0. The molecule has 0 fully saturated rings. The van der Waals surface area contributed by atoms with Crippen molar-refractivity contribution in [3.63, 3.8) is 0 Å². The number of rotatable bonds is 3. The van der Waals surface area contributed by atoms with Gasteiger partial charge in [-0.25, -0.2) is 0 Å². The third-order valence-corrected chi connectivity index (χ3v) is 1.87. The highest BCUT2D eigenvalue weighted by Crippen LogP contribution is 2.01. The molecule has 0 unspecified atom stereocenters. The van der Waals surface area contributed by atoms with Gasteiger partial charge < -0.3 is 4.90 Å². The summed E-state index contributed by atoms with van der Waals surface area (Å²) < 4.78 is 0. The zero-order chi connectivity index (χ0) is 8.85. The van der Waals surface area contributed by atoms with Crippen molar-refractivity contribution in [2.75, 3.05) is 14.1 Å². The van der Waals surface area contributed by atoms with E-state index in [0.717, 1.165) is 6.42 Å². The van der Waals surface area contributed by atoms with Crippen LogP contribution >= 0.6 is 0 Å². The summed E-state index contributed by atoms with van der Waals surface area (Å²) >= 11 is 0. The lowest BCUT2D eigenvalue weighted by Crippen LogP contribution is -2.07. The second-order valence-corrected chi connectivity index (χ2v) is 3.07. The summed E-state index contributed by atoms with van der Waals surface area (Å²) in [6, 6.07) is 0. The SMILES string of the molecule is CCC(C)=CC=C(C)N(C)C. The minimum atomic E-state index is 1.14. The van der Waals surface area contributed by atoms with Gasteiger partial charge in [-0.1, -0.05) is 18.6 Å². The van der Waals surface area contributed by atoms with Gasteiger partial charge in [0.1, 0.15) is 0 Å². The van der Waals surface area contributed by atoms with E-state index < -0.39 is 0 Å². The second kappa shape index (κ2) is 5.00. The first kappa shape index (κ1) is 10.3. The van der Waals surface area contributed by atoms with Crippen molar-refractivity contribution in [3.8, 4) is 0 Å². The molecule has 0 aromatic carbocycles. The molecule has 1 heteroatoms. The van der Waals surface area contributed by atoms with Crippen molar-refractivity contribution in [2.45, 2.75) is 27.2 Å². The van der Waals surface area contributed by atoms with Gasteiger partial charge in [-0.3, -0.25) is 0 Å². The van der Waals surface area contributed by atoms with Gasteiger partial charge in [0.25, 0.3) is 0 Å². The van der Waals surface area contributed by atoms with Crippen molar-refractivity contribution in [1.29, 1.82) is 0 Å². The predicted octanol–water partition coefficient (Wildman–Crippen LogP) is 2.81. The quantitative estimate of drug-likeness (QED) is 0.563. The van der Waals surface area contributed by atoms with E-state index in [-0.39, 0.29) is 0 Å². The smallest absolute Gasteiger partial charge is 0.00958 e. The Morgan fingerprint density at radius 2 is 1.73 bits per heavy atom. The Morgan fingerprint density at radius 1 is 1.18 bits per heavy atom. The fourth-order valence-corrected chi connectivity index (χ4v) is 0.530. The highest BCUT2D eigenvalue weighted by molar-refractivity contribution is 5.14. The molecular formula is C10H19N. The monoisotopic (exact) mass is 153 g/mol. The Balaban J connectivity index is 4.11. The standard InChI is InChI=1S/C10H19N/c1-6-9(2)7-8-10(3)11(4)5/h7-8H,6H2,1-5H3. The maximum atomic E-state index is 2.18. The topological polar surface area (TPSA) is 3.24 Å². The molecule has 0 spiro atoms. The molecule has 0 saturated carbocycles. The van der Waals surface area contributed by atoms with E-state index in [4.69, 9.17) is 0 Å². The highest BCUT2D eigenvalue weighted by Gasteiger charge is 1.87. The van der Waals surface area contributed by atoms with Crippen LogP contribution in [0.2, 0.25) is 0 Å². The summed E-state index contributed by atoms with van der Waals surface area (Å²) in [6.07, 6.45) is 5.46. The summed E-state index contributed by atoms with van der Waals surface area (Å²) in [5.74, 6) is 0. The van der Waals surface area contributed by atoms with Crippen LogP contribution in [0.4, 0.5) is 0 Å².